The summed E-state index contributed by atoms with van der Waals surface area (Å²) in [6.07, 6.45) is 1.75. The van der Waals surface area contributed by atoms with Crippen molar-refractivity contribution in [3.05, 3.63) is 23.9 Å². The van der Waals surface area contributed by atoms with Crippen LogP contribution >= 0.6 is 0 Å². The lowest BCUT2D eigenvalue weighted by molar-refractivity contribution is 0.276. The summed E-state index contributed by atoms with van der Waals surface area (Å²) in [4.78, 5) is 8.42. The number of nitrogen functional groups attached to an aromatic ring is 1. The molecule has 1 rings (SSSR count). The number of likely N-dealkylation sites (N-methyl/N-ethyl adjacent to an activating group) is 2. The van der Waals surface area contributed by atoms with Crippen molar-refractivity contribution in [2.24, 2.45) is 0 Å². The van der Waals surface area contributed by atoms with Crippen molar-refractivity contribution in [3.8, 4) is 0 Å². The van der Waals surface area contributed by atoms with Crippen LogP contribution in [0.15, 0.2) is 18.3 Å². The molecule has 0 spiro atoms. The number of aromatic nitrogens is 1. The third-order valence-corrected chi connectivity index (χ3v) is 2.23. The maximum absolute atomic E-state index is 5.62. The van der Waals surface area contributed by atoms with Gasteiger partial charge in [-0.1, -0.05) is 0 Å². The number of nitrogens with zero attached hydrogens (tertiary/aromatic N) is 3. The van der Waals surface area contributed by atoms with Gasteiger partial charge in [-0.25, -0.2) is 4.98 Å². The molecule has 4 nitrogen and oxygen atoms in total. The number of pyridine rings is 1. The highest BCUT2D eigenvalue weighted by atomic mass is 15.1. The van der Waals surface area contributed by atoms with Crippen LogP contribution in [0.25, 0.3) is 0 Å². The molecule has 0 unspecified atom stereocenters. The van der Waals surface area contributed by atoms with Gasteiger partial charge in [0.1, 0.15) is 5.82 Å². The van der Waals surface area contributed by atoms with Crippen LogP contribution in [0.5, 0.6) is 0 Å². The van der Waals surface area contributed by atoms with Gasteiger partial charge in [0.25, 0.3) is 0 Å². The molecule has 15 heavy (non-hydrogen) atoms. The molecule has 0 bridgehead atoms. The van der Waals surface area contributed by atoms with Crippen molar-refractivity contribution in [3.63, 3.8) is 0 Å². The summed E-state index contributed by atoms with van der Waals surface area (Å²) in [6, 6.07) is 3.93. The van der Waals surface area contributed by atoms with Crippen LogP contribution < -0.4 is 5.73 Å². The molecular weight excluding hydrogens is 188 g/mol. The second kappa shape index (κ2) is 5.68. The second-order valence-corrected chi connectivity index (χ2v) is 4.13. The summed E-state index contributed by atoms with van der Waals surface area (Å²) in [7, 11) is 6.27. The van der Waals surface area contributed by atoms with Crippen molar-refractivity contribution in [2.45, 2.75) is 6.54 Å². The van der Waals surface area contributed by atoms with E-state index in [4.69, 9.17) is 5.73 Å². The summed E-state index contributed by atoms with van der Waals surface area (Å²) < 4.78 is 0. The summed E-state index contributed by atoms with van der Waals surface area (Å²) in [6.45, 7) is 3.03. The molecule has 4 heteroatoms. The predicted octanol–water partition coefficient (Wildman–Crippen LogP) is 0.657. The normalized spacial score (nSPS) is 11.3. The quantitative estimate of drug-likeness (QED) is 0.772. The van der Waals surface area contributed by atoms with E-state index < -0.39 is 0 Å². The Morgan fingerprint density at radius 3 is 2.60 bits per heavy atom. The zero-order chi connectivity index (χ0) is 11.3. The van der Waals surface area contributed by atoms with Gasteiger partial charge in [0.05, 0.1) is 0 Å². The standard InChI is InChI=1S/C11H20N4/c1-14(2)6-7-15(3)9-10-4-5-13-11(12)8-10/h4-5,8H,6-7,9H2,1-3H3,(H2,12,13). The Hall–Kier alpha value is -1.13. The van der Waals surface area contributed by atoms with E-state index >= 15 is 0 Å². The first-order valence-electron chi connectivity index (χ1n) is 5.11. The summed E-state index contributed by atoms with van der Waals surface area (Å²) in [5.74, 6) is 0.591. The lowest BCUT2D eigenvalue weighted by Gasteiger charge is -2.19. The molecule has 1 aromatic rings. The van der Waals surface area contributed by atoms with E-state index in [1.165, 1.54) is 5.56 Å². The fourth-order valence-corrected chi connectivity index (χ4v) is 1.35. The minimum atomic E-state index is 0.591. The Balaban J connectivity index is 2.40. The van der Waals surface area contributed by atoms with Crippen LogP contribution in [0.2, 0.25) is 0 Å². The van der Waals surface area contributed by atoms with Crippen molar-refractivity contribution in [1.82, 2.24) is 14.8 Å². The lowest BCUT2D eigenvalue weighted by Crippen LogP contribution is -2.28. The van der Waals surface area contributed by atoms with Gasteiger partial charge in [0, 0.05) is 25.8 Å². The molecule has 0 radical (unpaired) electrons. The molecule has 0 saturated heterocycles. The van der Waals surface area contributed by atoms with Gasteiger partial charge < -0.3 is 15.5 Å². The van der Waals surface area contributed by atoms with E-state index in [9.17, 15) is 0 Å². The van der Waals surface area contributed by atoms with E-state index in [1.54, 1.807) is 6.20 Å². The highest BCUT2D eigenvalue weighted by Crippen LogP contribution is 2.05. The third kappa shape index (κ3) is 4.76. The zero-order valence-electron chi connectivity index (χ0n) is 9.77. The van der Waals surface area contributed by atoms with E-state index in [2.05, 4.69) is 35.9 Å². The molecule has 1 aromatic heterocycles. The van der Waals surface area contributed by atoms with E-state index in [1.807, 2.05) is 12.1 Å². The number of rotatable bonds is 5. The van der Waals surface area contributed by atoms with Gasteiger partial charge in [0.2, 0.25) is 0 Å². The maximum atomic E-state index is 5.62. The van der Waals surface area contributed by atoms with Crippen LogP contribution in [0.1, 0.15) is 5.56 Å². The van der Waals surface area contributed by atoms with E-state index in [-0.39, 0.29) is 0 Å². The molecule has 0 saturated carbocycles. The number of nitrogens with two attached hydrogens (primary N) is 1. The smallest absolute Gasteiger partial charge is 0.123 e. The van der Waals surface area contributed by atoms with Crippen LogP contribution in [-0.2, 0) is 6.54 Å². The van der Waals surface area contributed by atoms with Crippen LogP contribution in [0.3, 0.4) is 0 Å². The van der Waals surface area contributed by atoms with Gasteiger partial charge in [-0.2, -0.15) is 0 Å². The van der Waals surface area contributed by atoms with E-state index in [0.29, 0.717) is 5.82 Å². The monoisotopic (exact) mass is 208 g/mol. The molecule has 84 valence electrons. The van der Waals surface area contributed by atoms with Crippen molar-refractivity contribution in [2.75, 3.05) is 40.0 Å². The molecule has 0 amide bonds. The molecule has 0 aliphatic carbocycles. The topological polar surface area (TPSA) is 45.4 Å². The second-order valence-electron chi connectivity index (χ2n) is 4.13. The van der Waals surface area contributed by atoms with Crippen LogP contribution in [0, 0.1) is 0 Å². The Bertz CT molecular complexity index is 298. The average Bonchev–Trinajstić information content (AvgIpc) is 2.15. The largest absolute Gasteiger partial charge is 0.384 e. The molecule has 1 heterocycles. The maximum Gasteiger partial charge on any atom is 0.123 e. The molecule has 0 atom stereocenters. The number of hydrogen-bond donors (Lipinski definition) is 1. The van der Waals surface area contributed by atoms with Gasteiger partial charge in [-0.3, -0.25) is 0 Å². The average molecular weight is 208 g/mol. The Kier molecular flexibility index (Phi) is 4.52. The first kappa shape index (κ1) is 11.9. The highest BCUT2D eigenvalue weighted by Gasteiger charge is 2.01. The molecule has 2 N–H and O–H groups in total. The minimum Gasteiger partial charge on any atom is -0.384 e. The minimum absolute atomic E-state index is 0.591. The zero-order valence-corrected chi connectivity index (χ0v) is 9.77. The predicted molar refractivity (Wildman–Crippen MR) is 63.5 cm³/mol. The van der Waals surface area contributed by atoms with Crippen molar-refractivity contribution in [1.29, 1.82) is 0 Å². The SMILES string of the molecule is CN(C)CCN(C)Cc1ccnc(N)c1. The molecule has 0 fully saturated rings. The molecular formula is C11H20N4. The van der Waals surface area contributed by atoms with Gasteiger partial charge >= 0.3 is 0 Å². The van der Waals surface area contributed by atoms with Crippen LogP contribution in [-0.4, -0.2) is 49.0 Å². The molecule has 0 aliphatic heterocycles. The van der Waals surface area contributed by atoms with E-state index in [0.717, 1.165) is 19.6 Å². The van der Waals surface area contributed by atoms with Crippen molar-refractivity contribution >= 4 is 5.82 Å². The summed E-state index contributed by atoms with van der Waals surface area (Å²) >= 11 is 0. The Morgan fingerprint density at radius 2 is 2.00 bits per heavy atom. The highest BCUT2D eigenvalue weighted by molar-refractivity contribution is 5.31. The Morgan fingerprint density at radius 1 is 1.27 bits per heavy atom. The van der Waals surface area contributed by atoms with Crippen LogP contribution in [0.4, 0.5) is 5.82 Å². The van der Waals surface area contributed by atoms with Gasteiger partial charge in [-0.15, -0.1) is 0 Å². The van der Waals surface area contributed by atoms with Gasteiger partial charge in [0.15, 0.2) is 0 Å². The molecule has 0 aromatic carbocycles. The fourth-order valence-electron chi connectivity index (χ4n) is 1.35. The van der Waals surface area contributed by atoms with Crippen molar-refractivity contribution < 1.29 is 0 Å². The number of anilines is 1. The van der Waals surface area contributed by atoms with Gasteiger partial charge in [-0.05, 0) is 38.8 Å². The third-order valence-electron chi connectivity index (χ3n) is 2.23. The number of hydrogen-bond acceptors (Lipinski definition) is 4. The Labute approximate surface area is 91.7 Å². The summed E-state index contributed by atoms with van der Waals surface area (Å²) in [5.41, 5.74) is 6.83. The first-order chi connectivity index (χ1) is 7.08. The summed E-state index contributed by atoms with van der Waals surface area (Å²) in [5, 5.41) is 0. The fraction of sp³-hybridized carbons (Fsp3) is 0.545. The molecule has 0 aliphatic rings. The first-order valence-corrected chi connectivity index (χ1v) is 5.11. The lowest BCUT2D eigenvalue weighted by atomic mass is 10.2.